The van der Waals surface area contributed by atoms with Gasteiger partial charge in [0, 0.05) is 44.1 Å². The zero-order chi connectivity index (χ0) is 37.8. The van der Waals surface area contributed by atoms with Crippen LogP contribution in [-0.4, -0.2) is 92.9 Å². The number of nitrogens with zero attached hydrogens (tertiary/aromatic N) is 3. The number of fused-ring (bicyclic) bond motifs is 14. The van der Waals surface area contributed by atoms with Crippen LogP contribution < -0.4 is 31.9 Å². The zero-order valence-corrected chi connectivity index (χ0v) is 29.7. The van der Waals surface area contributed by atoms with Crippen molar-refractivity contribution in [2.45, 2.75) is 89.6 Å². The molecule has 0 unspecified atom stereocenters. The number of likely N-dealkylation sites (N-methyl/N-ethyl adjacent to an activating group) is 1. The highest BCUT2D eigenvalue weighted by atomic mass is 16.4. The van der Waals surface area contributed by atoms with Crippen molar-refractivity contribution in [3.05, 3.63) is 77.6 Å². The summed E-state index contributed by atoms with van der Waals surface area (Å²) in [5.74, 6) is -4.33. The summed E-state index contributed by atoms with van der Waals surface area (Å²) in [6.07, 6.45) is 2.03. The molecule has 5 atom stereocenters. The molecule has 278 valence electrons. The largest absolute Gasteiger partial charge is 0.480 e. The number of carbonyl (C=O) groups is 6. The Kier molecular flexibility index (Phi) is 14.0. The number of carboxylic acids is 1. The zero-order valence-electron chi connectivity index (χ0n) is 29.7. The fraction of sp³-hybridized carbons (Fsp3) is 0.444. The Balaban J connectivity index is 1.67. The third-order valence-corrected chi connectivity index (χ3v) is 8.76. The number of carbonyl (C=O) groups excluding carboxylic acids is 5. The Morgan fingerprint density at radius 3 is 2.31 bits per heavy atom. The van der Waals surface area contributed by atoms with Crippen molar-refractivity contribution in [2.75, 3.05) is 12.4 Å². The smallest absolute Gasteiger partial charge is 0.326 e. The monoisotopic (exact) mass is 717 g/mol. The number of aromatic nitrogens is 3. The average molecular weight is 718 g/mol. The molecule has 2 aliphatic heterocycles. The summed E-state index contributed by atoms with van der Waals surface area (Å²) in [6, 6.07) is 10.2. The summed E-state index contributed by atoms with van der Waals surface area (Å²) >= 11 is 0. The van der Waals surface area contributed by atoms with Crippen molar-refractivity contribution in [3.63, 3.8) is 0 Å². The lowest BCUT2D eigenvalue weighted by atomic mass is 10.0. The van der Waals surface area contributed by atoms with Crippen LogP contribution in [0.3, 0.4) is 0 Å². The highest BCUT2D eigenvalue weighted by Gasteiger charge is 2.33. The second-order valence-electron chi connectivity index (χ2n) is 13.2. The number of carboxylic acid groups (broad SMARTS) is 1. The van der Waals surface area contributed by atoms with Crippen molar-refractivity contribution in [1.29, 1.82) is 0 Å². The van der Waals surface area contributed by atoms with E-state index < -0.39 is 59.8 Å². The Morgan fingerprint density at radius 1 is 0.942 bits per heavy atom. The summed E-state index contributed by atoms with van der Waals surface area (Å²) in [5, 5.41) is 34.8. The number of aryl methyl sites for hydroxylation is 2. The molecular weight excluding hydrogens is 670 g/mol. The quantitative estimate of drug-likeness (QED) is 0.161. The maximum atomic E-state index is 14.1. The fourth-order valence-electron chi connectivity index (χ4n) is 5.53. The fourth-order valence-corrected chi connectivity index (χ4v) is 5.53. The van der Waals surface area contributed by atoms with Crippen LogP contribution in [-0.2, 0) is 54.6 Å². The maximum Gasteiger partial charge on any atom is 0.326 e. The molecule has 4 bridgehead atoms. The van der Waals surface area contributed by atoms with E-state index in [0.29, 0.717) is 28.9 Å². The molecule has 0 fully saturated rings. The Hall–Kier alpha value is -5.64. The van der Waals surface area contributed by atoms with Crippen molar-refractivity contribution in [1.82, 2.24) is 41.6 Å². The lowest BCUT2D eigenvalue weighted by molar-refractivity contribution is -0.142. The molecule has 2 aromatic carbocycles. The second-order valence-corrected chi connectivity index (χ2v) is 13.2. The molecule has 0 radical (unpaired) electrons. The molecule has 3 aromatic rings. The first kappa shape index (κ1) is 39.2. The molecule has 5 amide bonds. The molecule has 0 spiro atoms. The third kappa shape index (κ3) is 11.4. The van der Waals surface area contributed by atoms with Crippen LogP contribution in [0.15, 0.2) is 60.8 Å². The average Bonchev–Trinajstić information content (AvgIpc) is 3.58. The number of hydrogen-bond donors (Lipinski definition) is 7. The van der Waals surface area contributed by atoms with Gasteiger partial charge in [-0.25, -0.2) is 4.79 Å². The van der Waals surface area contributed by atoms with Gasteiger partial charge in [0.2, 0.25) is 29.5 Å². The SMILES string of the molecule is CN[C@@H](C)C(=O)N[C@H](C(=O)N[C@H]1CCn2cc(nn2)CCC(=O)Nc2ccc(cc2)C[C@@H](C(=O)O)NC(=O)[C@H](Cc2ccccc2)NC1=O)C(C)C. The third-order valence-electron chi connectivity index (χ3n) is 8.76. The van der Waals surface area contributed by atoms with Gasteiger partial charge in [-0.1, -0.05) is 61.5 Å². The number of aliphatic carboxylic acids is 1. The highest BCUT2D eigenvalue weighted by molar-refractivity contribution is 5.95. The molecule has 52 heavy (non-hydrogen) atoms. The van der Waals surface area contributed by atoms with Crippen molar-refractivity contribution in [2.24, 2.45) is 5.92 Å². The van der Waals surface area contributed by atoms with E-state index in [9.17, 15) is 33.9 Å². The maximum absolute atomic E-state index is 14.1. The molecule has 16 nitrogen and oxygen atoms in total. The predicted octanol–water partition coefficient (Wildman–Crippen LogP) is 0.326. The molecule has 5 rings (SSSR count). The number of nitrogens with one attached hydrogen (secondary N) is 6. The van der Waals surface area contributed by atoms with Gasteiger partial charge in [-0.2, -0.15) is 0 Å². The predicted molar refractivity (Wildman–Crippen MR) is 191 cm³/mol. The lowest BCUT2D eigenvalue weighted by Gasteiger charge is -2.28. The number of amides is 5. The van der Waals surface area contributed by atoms with E-state index in [4.69, 9.17) is 0 Å². The summed E-state index contributed by atoms with van der Waals surface area (Å²) in [4.78, 5) is 79.2. The summed E-state index contributed by atoms with van der Waals surface area (Å²) in [5.41, 5.74) is 2.36. The van der Waals surface area contributed by atoms with Crippen molar-refractivity contribution in [3.8, 4) is 0 Å². The molecule has 2 aliphatic rings. The minimum absolute atomic E-state index is 0.0119. The standard InChI is InChI=1S/C36H47N9O7/c1-21(2)31(42-32(47)22(3)37-4)35(50)39-27-16-17-45-20-26(43-44-45)14-15-30(46)38-25-12-10-24(11-13-25)19-29(36(51)52)41-34(49)28(40-33(27)48)18-23-8-6-5-7-9-23/h5-13,20-22,27-29,31,37H,14-19H2,1-4H3,(H,38,46)(H,39,50)(H,40,48)(H,41,49)(H,42,47)(H,51,52)/t22-,27-,28-,29-,31-/m0/s1. The normalized spacial score (nSPS) is 20.0. The Labute approximate surface area is 301 Å². The molecule has 0 aliphatic carbocycles. The second kappa shape index (κ2) is 18.6. The molecule has 7 N–H and O–H groups in total. The van der Waals surface area contributed by atoms with E-state index in [1.807, 2.05) is 0 Å². The van der Waals surface area contributed by atoms with E-state index in [2.05, 4.69) is 42.2 Å². The van der Waals surface area contributed by atoms with Crippen LogP contribution in [0.25, 0.3) is 0 Å². The van der Waals surface area contributed by atoms with Gasteiger partial charge in [-0.05, 0) is 49.6 Å². The van der Waals surface area contributed by atoms with Crippen molar-refractivity contribution < 1.29 is 33.9 Å². The number of rotatable bonds is 9. The van der Waals surface area contributed by atoms with Gasteiger partial charge in [-0.15, -0.1) is 5.10 Å². The molecular formula is C36H47N9O7. The number of benzene rings is 2. The first-order chi connectivity index (χ1) is 24.8. The summed E-state index contributed by atoms with van der Waals surface area (Å²) < 4.78 is 1.49. The molecule has 1 aromatic heterocycles. The van der Waals surface area contributed by atoms with Gasteiger partial charge >= 0.3 is 5.97 Å². The summed E-state index contributed by atoms with van der Waals surface area (Å²) in [7, 11) is 1.62. The van der Waals surface area contributed by atoms with E-state index in [-0.39, 0.29) is 44.1 Å². The number of hydrogen-bond acceptors (Lipinski definition) is 9. The lowest BCUT2D eigenvalue weighted by Crippen LogP contribution is -2.59. The molecule has 0 saturated heterocycles. The van der Waals surface area contributed by atoms with Crippen LogP contribution in [0.5, 0.6) is 0 Å². The van der Waals surface area contributed by atoms with Gasteiger partial charge in [0.25, 0.3) is 0 Å². The topological polar surface area (TPSA) is 226 Å². The molecule has 0 saturated carbocycles. The van der Waals surface area contributed by atoms with Crippen LogP contribution in [0.2, 0.25) is 0 Å². The van der Waals surface area contributed by atoms with Crippen LogP contribution in [0.1, 0.15) is 50.4 Å². The van der Waals surface area contributed by atoms with Gasteiger partial charge < -0.3 is 37.0 Å². The van der Waals surface area contributed by atoms with Gasteiger partial charge in [0.1, 0.15) is 24.2 Å². The molecule has 3 heterocycles. The highest BCUT2D eigenvalue weighted by Crippen LogP contribution is 2.14. The van der Waals surface area contributed by atoms with Crippen LogP contribution >= 0.6 is 0 Å². The van der Waals surface area contributed by atoms with E-state index in [0.717, 1.165) is 0 Å². The first-order valence-electron chi connectivity index (χ1n) is 17.3. The van der Waals surface area contributed by atoms with Gasteiger partial charge in [0.05, 0.1) is 11.7 Å². The van der Waals surface area contributed by atoms with Crippen LogP contribution in [0, 0.1) is 5.92 Å². The van der Waals surface area contributed by atoms with Crippen LogP contribution in [0.4, 0.5) is 5.69 Å². The summed E-state index contributed by atoms with van der Waals surface area (Å²) in [6.45, 7) is 5.29. The van der Waals surface area contributed by atoms with Crippen molar-refractivity contribution >= 4 is 41.2 Å². The Morgan fingerprint density at radius 2 is 1.65 bits per heavy atom. The minimum atomic E-state index is -1.34. The van der Waals surface area contributed by atoms with Gasteiger partial charge in [0.15, 0.2) is 0 Å². The van der Waals surface area contributed by atoms with E-state index >= 15 is 0 Å². The number of anilines is 1. The Bertz CT molecular complexity index is 1710. The first-order valence-corrected chi connectivity index (χ1v) is 17.3. The van der Waals surface area contributed by atoms with E-state index in [1.54, 1.807) is 88.6 Å². The van der Waals surface area contributed by atoms with Gasteiger partial charge in [-0.3, -0.25) is 28.7 Å². The molecule has 16 heteroatoms. The minimum Gasteiger partial charge on any atom is -0.480 e. The van der Waals surface area contributed by atoms with E-state index in [1.165, 1.54) is 4.68 Å².